The van der Waals surface area contributed by atoms with Crippen molar-refractivity contribution in [1.29, 1.82) is 0 Å². The number of aromatic nitrogens is 1. The van der Waals surface area contributed by atoms with Crippen molar-refractivity contribution in [2.45, 2.75) is 17.4 Å². The zero-order chi connectivity index (χ0) is 27.0. The van der Waals surface area contributed by atoms with E-state index in [0.29, 0.717) is 30.8 Å². The van der Waals surface area contributed by atoms with E-state index in [-0.39, 0.29) is 16.4 Å². The minimum atomic E-state index is -4.14. The lowest BCUT2D eigenvalue weighted by atomic mass is 10.2. The molecule has 0 spiro atoms. The summed E-state index contributed by atoms with van der Waals surface area (Å²) in [5, 5.41) is 11.8. The molecule has 0 bridgehead atoms. The summed E-state index contributed by atoms with van der Waals surface area (Å²) < 4.78 is 33.9. The number of benzene rings is 1. The maximum absolute atomic E-state index is 12.7. The van der Waals surface area contributed by atoms with Crippen LogP contribution in [0.4, 0.5) is 0 Å². The standard InChI is InChI=1S/C23H26N6O7S/c24-23(25)26-8-4-10-36-17-7-9-29-16(13-17)11-15(12-20(29)30)21(31)27-14-19(22(32)33)28-37(34,35)18-5-2-1-3-6-18/h1-3,5-7,9,11-13,19,28H,4,8,10,14H2,(H,27,31)(H,32,33)(H4,24,25,26)/p+1/t19-/m0/s1. The summed E-state index contributed by atoms with van der Waals surface area (Å²) in [6, 6.07) is 11.3. The summed E-state index contributed by atoms with van der Waals surface area (Å²) in [5.74, 6) is -1.66. The van der Waals surface area contributed by atoms with E-state index in [1.807, 2.05) is 0 Å². The van der Waals surface area contributed by atoms with Gasteiger partial charge in [0.2, 0.25) is 10.0 Å². The number of amides is 1. The van der Waals surface area contributed by atoms with Crippen molar-refractivity contribution in [2.24, 2.45) is 11.5 Å². The molecule has 37 heavy (non-hydrogen) atoms. The predicted octanol–water partition coefficient (Wildman–Crippen LogP) is -2.42. The van der Waals surface area contributed by atoms with Crippen LogP contribution in [-0.4, -0.2) is 61.5 Å². The number of carboxylic acids is 1. The molecular weight excluding hydrogens is 504 g/mol. The SMILES string of the molecule is NC(N)=[NH+]CCCOc1ccn2c(=O)cc(C(=O)NC[C@H](NS(=O)(=O)c3ccccc3)C(=O)O)cc2c1. The van der Waals surface area contributed by atoms with Crippen molar-refractivity contribution in [3.8, 4) is 5.75 Å². The molecule has 2 aromatic heterocycles. The lowest BCUT2D eigenvalue weighted by molar-refractivity contribution is -0.460. The fourth-order valence-corrected chi connectivity index (χ4v) is 4.47. The number of hydrogen-bond donors (Lipinski definition) is 6. The third-order valence-corrected chi connectivity index (χ3v) is 6.56. The van der Waals surface area contributed by atoms with E-state index in [0.717, 1.165) is 6.07 Å². The molecule has 1 amide bonds. The van der Waals surface area contributed by atoms with Gasteiger partial charge in [-0.15, -0.1) is 0 Å². The number of carboxylic acid groups (broad SMARTS) is 1. The van der Waals surface area contributed by atoms with Gasteiger partial charge in [-0.3, -0.25) is 35.2 Å². The second-order valence-corrected chi connectivity index (χ2v) is 9.57. The number of hydrogen-bond acceptors (Lipinski definition) is 6. The molecule has 0 fully saturated rings. The number of guanidine groups is 1. The number of rotatable bonds is 12. The molecule has 0 aliphatic rings. The minimum Gasteiger partial charge on any atom is -0.493 e. The molecule has 14 heteroatoms. The normalized spacial score (nSPS) is 12.0. The van der Waals surface area contributed by atoms with Gasteiger partial charge in [0.1, 0.15) is 11.8 Å². The largest absolute Gasteiger partial charge is 0.493 e. The van der Waals surface area contributed by atoms with Crippen LogP contribution < -0.4 is 36.8 Å². The maximum atomic E-state index is 12.7. The number of nitrogens with two attached hydrogens (primary N) is 2. The third kappa shape index (κ3) is 7.52. The Hall–Kier alpha value is -4.43. The van der Waals surface area contributed by atoms with Gasteiger partial charge in [0.25, 0.3) is 11.5 Å². The van der Waals surface area contributed by atoms with E-state index in [4.69, 9.17) is 16.2 Å². The minimum absolute atomic E-state index is 0.0321. The van der Waals surface area contributed by atoms with Crippen LogP contribution in [0.3, 0.4) is 0 Å². The number of aliphatic carboxylic acids is 1. The molecule has 3 aromatic rings. The van der Waals surface area contributed by atoms with Gasteiger partial charge in [-0.25, -0.2) is 8.42 Å². The second-order valence-electron chi connectivity index (χ2n) is 7.86. The number of pyridine rings is 2. The highest BCUT2D eigenvalue weighted by Gasteiger charge is 2.26. The van der Waals surface area contributed by atoms with Crippen molar-refractivity contribution < 1.29 is 32.8 Å². The van der Waals surface area contributed by atoms with Crippen LogP contribution in [0.15, 0.2) is 70.5 Å². The fourth-order valence-electron chi connectivity index (χ4n) is 3.26. The van der Waals surface area contributed by atoms with E-state index in [2.05, 4.69) is 15.0 Å². The number of nitrogens with one attached hydrogen (secondary N) is 3. The lowest BCUT2D eigenvalue weighted by Crippen LogP contribution is -2.78. The first kappa shape index (κ1) is 27.2. The number of fused-ring (bicyclic) bond motifs is 1. The Kier molecular flexibility index (Phi) is 8.81. The van der Waals surface area contributed by atoms with E-state index < -0.39 is 40.0 Å². The average molecular weight is 532 g/mol. The number of carbonyl (C=O) groups is 2. The molecule has 1 aromatic carbocycles. The second kappa shape index (κ2) is 12.0. The molecule has 0 saturated heterocycles. The van der Waals surface area contributed by atoms with Crippen molar-refractivity contribution in [2.75, 3.05) is 19.7 Å². The molecule has 0 radical (unpaired) electrons. The first-order valence-corrected chi connectivity index (χ1v) is 12.5. The van der Waals surface area contributed by atoms with Gasteiger partial charge >= 0.3 is 11.9 Å². The Morgan fingerprint density at radius 1 is 1.11 bits per heavy atom. The van der Waals surface area contributed by atoms with Crippen molar-refractivity contribution in [3.05, 3.63) is 76.7 Å². The number of carbonyl (C=O) groups excluding carboxylic acids is 1. The summed E-state index contributed by atoms with van der Waals surface area (Å²) in [7, 11) is -4.14. The first-order valence-electron chi connectivity index (χ1n) is 11.1. The van der Waals surface area contributed by atoms with Crippen LogP contribution in [0.25, 0.3) is 5.52 Å². The van der Waals surface area contributed by atoms with Gasteiger partial charge in [0.05, 0.1) is 23.6 Å². The topological polar surface area (TPSA) is 209 Å². The van der Waals surface area contributed by atoms with E-state index in [1.165, 1.54) is 40.9 Å². The fraction of sp³-hybridized carbons (Fsp3) is 0.217. The Bertz CT molecular complexity index is 1470. The quantitative estimate of drug-likeness (QED) is 0.0833. The Morgan fingerprint density at radius 3 is 2.51 bits per heavy atom. The van der Waals surface area contributed by atoms with Crippen LogP contribution >= 0.6 is 0 Å². The molecule has 196 valence electrons. The lowest BCUT2D eigenvalue weighted by Gasteiger charge is -2.16. The smallest absolute Gasteiger partial charge is 0.338 e. The van der Waals surface area contributed by atoms with Crippen LogP contribution in [0.2, 0.25) is 0 Å². The van der Waals surface area contributed by atoms with Crippen molar-refractivity contribution >= 4 is 33.4 Å². The van der Waals surface area contributed by atoms with Crippen LogP contribution in [0, 0.1) is 0 Å². The van der Waals surface area contributed by atoms with E-state index in [9.17, 15) is 27.9 Å². The molecule has 0 unspecified atom stereocenters. The summed E-state index contributed by atoms with van der Waals surface area (Å²) in [5.41, 5.74) is 10.5. The third-order valence-electron chi connectivity index (χ3n) is 5.07. The maximum Gasteiger partial charge on any atom is 0.338 e. The zero-order valence-corrected chi connectivity index (χ0v) is 20.4. The highest BCUT2D eigenvalue weighted by molar-refractivity contribution is 7.89. The van der Waals surface area contributed by atoms with Crippen LogP contribution in [0.5, 0.6) is 5.75 Å². The summed E-state index contributed by atoms with van der Waals surface area (Å²) >= 11 is 0. The molecular formula is C23H27N6O7S+. The van der Waals surface area contributed by atoms with Crippen LogP contribution in [0.1, 0.15) is 16.8 Å². The Balaban J connectivity index is 1.70. The molecule has 13 nitrogen and oxygen atoms in total. The molecule has 0 saturated carbocycles. The number of ether oxygens (including phenoxy) is 1. The number of sulfonamides is 1. The van der Waals surface area contributed by atoms with Crippen LogP contribution in [-0.2, 0) is 14.8 Å². The van der Waals surface area contributed by atoms with E-state index in [1.54, 1.807) is 18.2 Å². The molecule has 0 aliphatic heterocycles. The van der Waals surface area contributed by atoms with Gasteiger partial charge in [-0.1, -0.05) is 18.2 Å². The van der Waals surface area contributed by atoms with Gasteiger partial charge < -0.3 is 15.2 Å². The van der Waals surface area contributed by atoms with Crippen molar-refractivity contribution in [3.63, 3.8) is 0 Å². The number of nitrogens with zero attached hydrogens (tertiary/aromatic N) is 1. The monoisotopic (exact) mass is 531 g/mol. The Morgan fingerprint density at radius 2 is 1.84 bits per heavy atom. The highest BCUT2D eigenvalue weighted by atomic mass is 32.2. The van der Waals surface area contributed by atoms with Gasteiger partial charge in [0, 0.05) is 36.9 Å². The highest BCUT2D eigenvalue weighted by Crippen LogP contribution is 2.15. The molecule has 2 heterocycles. The average Bonchev–Trinajstić information content (AvgIpc) is 2.86. The van der Waals surface area contributed by atoms with Gasteiger partial charge in [-0.2, -0.15) is 4.72 Å². The van der Waals surface area contributed by atoms with Gasteiger partial charge in [-0.05, 0) is 24.3 Å². The summed E-state index contributed by atoms with van der Waals surface area (Å²) in [6.45, 7) is 0.302. The molecule has 1 atom stereocenters. The Labute approximate surface area is 211 Å². The summed E-state index contributed by atoms with van der Waals surface area (Å²) in [6.07, 6.45) is 2.11. The molecule has 3 rings (SSSR count). The van der Waals surface area contributed by atoms with Crippen molar-refractivity contribution in [1.82, 2.24) is 14.4 Å². The molecule has 0 aliphatic carbocycles. The molecule has 8 N–H and O–H groups in total. The van der Waals surface area contributed by atoms with Gasteiger partial charge in [0.15, 0.2) is 0 Å². The summed E-state index contributed by atoms with van der Waals surface area (Å²) in [4.78, 5) is 39.5. The first-order chi connectivity index (χ1) is 17.6. The zero-order valence-electron chi connectivity index (χ0n) is 19.6. The predicted molar refractivity (Wildman–Crippen MR) is 134 cm³/mol. The van der Waals surface area contributed by atoms with E-state index >= 15 is 0 Å².